The summed E-state index contributed by atoms with van der Waals surface area (Å²) in [6.07, 6.45) is 0. The van der Waals surface area contributed by atoms with Gasteiger partial charge in [-0.3, -0.25) is 9.69 Å². The lowest BCUT2D eigenvalue weighted by atomic mass is 10.2. The lowest BCUT2D eigenvalue weighted by molar-refractivity contribution is -0.138. The van der Waals surface area contributed by atoms with Gasteiger partial charge in [-0.25, -0.2) is 4.79 Å². The zero-order valence-electron chi connectivity index (χ0n) is 11.5. The molecule has 6 nitrogen and oxygen atoms in total. The molecule has 0 saturated carbocycles. The van der Waals surface area contributed by atoms with Crippen molar-refractivity contribution in [2.75, 3.05) is 38.0 Å². The van der Waals surface area contributed by atoms with Crippen LogP contribution in [-0.4, -0.2) is 59.6 Å². The van der Waals surface area contributed by atoms with Crippen molar-refractivity contribution in [2.24, 2.45) is 0 Å². The molecule has 1 aliphatic heterocycles. The third kappa shape index (κ3) is 3.96. The number of aryl methyl sites for hydroxylation is 1. The number of benzene rings is 1. The number of carboxylic acid groups (broad SMARTS) is 1. The molecule has 1 heterocycles. The Kier molecular flexibility index (Phi) is 4.57. The first-order valence-corrected chi connectivity index (χ1v) is 6.61. The van der Waals surface area contributed by atoms with Gasteiger partial charge in [-0.05, 0) is 24.6 Å². The molecule has 20 heavy (non-hydrogen) atoms. The Morgan fingerprint density at radius 1 is 1.25 bits per heavy atom. The van der Waals surface area contributed by atoms with Gasteiger partial charge in [0.05, 0.1) is 6.54 Å². The van der Waals surface area contributed by atoms with Gasteiger partial charge in [0.2, 0.25) is 0 Å². The monoisotopic (exact) mass is 277 g/mol. The molecule has 1 aromatic rings. The molecule has 1 aromatic carbocycles. The van der Waals surface area contributed by atoms with Gasteiger partial charge in [0.1, 0.15) is 0 Å². The van der Waals surface area contributed by atoms with E-state index >= 15 is 0 Å². The number of carboxylic acids is 1. The SMILES string of the molecule is Cc1cccc(NC(=O)N2CCN(CC(=O)O)CC2)c1. The van der Waals surface area contributed by atoms with Crippen LogP contribution in [0.3, 0.4) is 0 Å². The van der Waals surface area contributed by atoms with Crippen LogP contribution in [0.2, 0.25) is 0 Å². The van der Waals surface area contributed by atoms with Crippen LogP contribution < -0.4 is 5.32 Å². The van der Waals surface area contributed by atoms with Crippen LogP contribution >= 0.6 is 0 Å². The number of carbonyl (C=O) groups excluding carboxylic acids is 1. The molecule has 0 unspecified atom stereocenters. The number of amides is 2. The normalized spacial score (nSPS) is 15.9. The van der Waals surface area contributed by atoms with Gasteiger partial charge >= 0.3 is 12.0 Å². The summed E-state index contributed by atoms with van der Waals surface area (Å²) in [6, 6.07) is 7.51. The molecule has 0 bridgehead atoms. The molecule has 1 fully saturated rings. The smallest absolute Gasteiger partial charge is 0.321 e. The van der Waals surface area contributed by atoms with E-state index in [0.29, 0.717) is 26.2 Å². The summed E-state index contributed by atoms with van der Waals surface area (Å²) in [5.74, 6) is -0.831. The van der Waals surface area contributed by atoms with Gasteiger partial charge in [-0.15, -0.1) is 0 Å². The van der Waals surface area contributed by atoms with E-state index in [0.717, 1.165) is 11.3 Å². The minimum absolute atomic E-state index is 0.0351. The number of hydrogen-bond acceptors (Lipinski definition) is 3. The number of piperazine rings is 1. The Bertz CT molecular complexity index is 496. The maximum absolute atomic E-state index is 12.1. The van der Waals surface area contributed by atoms with Gasteiger partial charge < -0.3 is 15.3 Å². The van der Waals surface area contributed by atoms with Crippen molar-refractivity contribution in [2.45, 2.75) is 6.92 Å². The molecule has 6 heteroatoms. The molecule has 2 rings (SSSR count). The van der Waals surface area contributed by atoms with Gasteiger partial charge in [-0.1, -0.05) is 12.1 Å². The van der Waals surface area contributed by atoms with Gasteiger partial charge in [0.15, 0.2) is 0 Å². The summed E-state index contributed by atoms with van der Waals surface area (Å²) in [5, 5.41) is 11.6. The second kappa shape index (κ2) is 6.38. The number of urea groups is 1. The molecule has 2 amide bonds. The van der Waals surface area contributed by atoms with Crippen molar-refractivity contribution in [1.82, 2.24) is 9.80 Å². The lowest BCUT2D eigenvalue weighted by Crippen LogP contribution is -2.51. The molecule has 0 spiro atoms. The number of nitrogens with one attached hydrogen (secondary N) is 1. The van der Waals surface area contributed by atoms with Crippen LogP contribution in [0.15, 0.2) is 24.3 Å². The Hall–Kier alpha value is -2.08. The molecule has 0 aromatic heterocycles. The molecule has 2 N–H and O–H groups in total. The highest BCUT2D eigenvalue weighted by Crippen LogP contribution is 2.11. The quantitative estimate of drug-likeness (QED) is 0.871. The predicted octanol–water partition coefficient (Wildman–Crippen LogP) is 1.23. The lowest BCUT2D eigenvalue weighted by Gasteiger charge is -2.33. The van der Waals surface area contributed by atoms with Crippen LogP contribution in [0.1, 0.15) is 5.56 Å². The fourth-order valence-corrected chi connectivity index (χ4v) is 2.23. The summed E-state index contributed by atoms with van der Waals surface area (Å²) < 4.78 is 0. The van der Waals surface area contributed by atoms with Crippen LogP contribution in [0.4, 0.5) is 10.5 Å². The highest BCUT2D eigenvalue weighted by atomic mass is 16.4. The van der Waals surface area contributed by atoms with Crippen molar-refractivity contribution in [3.63, 3.8) is 0 Å². The second-order valence-corrected chi connectivity index (χ2v) is 4.96. The maximum atomic E-state index is 12.1. The third-order valence-corrected chi connectivity index (χ3v) is 3.29. The number of rotatable bonds is 3. The zero-order chi connectivity index (χ0) is 14.5. The second-order valence-electron chi connectivity index (χ2n) is 4.96. The molecule has 1 saturated heterocycles. The Balaban J connectivity index is 1.84. The number of nitrogens with zero attached hydrogens (tertiary/aromatic N) is 2. The Labute approximate surface area is 118 Å². The first-order valence-electron chi connectivity index (χ1n) is 6.61. The summed E-state index contributed by atoms with van der Waals surface area (Å²) in [5.41, 5.74) is 1.87. The van der Waals surface area contributed by atoms with Crippen molar-refractivity contribution in [3.8, 4) is 0 Å². The average molecular weight is 277 g/mol. The molecule has 0 atom stereocenters. The first-order chi connectivity index (χ1) is 9.54. The van der Waals surface area contributed by atoms with Crippen LogP contribution in [0, 0.1) is 6.92 Å². The maximum Gasteiger partial charge on any atom is 0.321 e. The van der Waals surface area contributed by atoms with E-state index in [1.807, 2.05) is 36.1 Å². The fourth-order valence-electron chi connectivity index (χ4n) is 2.23. The average Bonchev–Trinajstić information content (AvgIpc) is 2.38. The molecule has 0 aliphatic carbocycles. The van der Waals surface area contributed by atoms with E-state index in [4.69, 9.17) is 5.11 Å². The minimum atomic E-state index is -0.831. The third-order valence-electron chi connectivity index (χ3n) is 3.29. The van der Waals surface area contributed by atoms with Crippen molar-refractivity contribution < 1.29 is 14.7 Å². The molecular formula is C14H19N3O3. The topological polar surface area (TPSA) is 72.9 Å². The van der Waals surface area contributed by atoms with E-state index in [1.165, 1.54) is 0 Å². The van der Waals surface area contributed by atoms with E-state index in [1.54, 1.807) is 4.90 Å². The summed E-state index contributed by atoms with van der Waals surface area (Å²) in [7, 11) is 0. The predicted molar refractivity (Wildman–Crippen MR) is 75.8 cm³/mol. The van der Waals surface area contributed by atoms with E-state index < -0.39 is 5.97 Å². The molecule has 1 aliphatic rings. The van der Waals surface area contributed by atoms with Crippen molar-refractivity contribution >= 4 is 17.7 Å². The van der Waals surface area contributed by atoms with Crippen molar-refractivity contribution in [3.05, 3.63) is 29.8 Å². The highest BCUT2D eigenvalue weighted by Gasteiger charge is 2.22. The van der Waals surface area contributed by atoms with Gasteiger partial charge in [0.25, 0.3) is 0 Å². The van der Waals surface area contributed by atoms with Gasteiger partial charge in [-0.2, -0.15) is 0 Å². The summed E-state index contributed by atoms with van der Waals surface area (Å²) in [4.78, 5) is 26.3. The highest BCUT2D eigenvalue weighted by molar-refractivity contribution is 5.89. The zero-order valence-corrected chi connectivity index (χ0v) is 11.5. The number of carbonyl (C=O) groups is 2. The Morgan fingerprint density at radius 2 is 1.95 bits per heavy atom. The number of anilines is 1. The molecule has 0 radical (unpaired) electrons. The number of aliphatic carboxylic acids is 1. The standard InChI is InChI=1S/C14H19N3O3/c1-11-3-2-4-12(9-11)15-14(20)17-7-5-16(6-8-17)10-13(18)19/h2-4,9H,5-8,10H2,1H3,(H,15,20)(H,18,19). The van der Waals surface area contributed by atoms with Crippen LogP contribution in [-0.2, 0) is 4.79 Å². The first kappa shape index (κ1) is 14.3. The summed E-state index contributed by atoms with van der Waals surface area (Å²) in [6.45, 7) is 4.28. The van der Waals surface area contributed by atoms with E-state index in [9.17, 15) is 9.59 Å². The van der Waals surface area contributed by atoms with Crippen molar-refractivity contribution in [1.29, 1.82) is 0 Å². The number of hydrogen-bond donors (Lipinski definition) is 2. The molecular weight excluding hydrogens is 258 g/mol. The van der Waals surface area contributed by atoms with Crippen LogP contribution in [0.25, 0.3) is 0 Å². The van der Waals surface area contributed by atoms with Gasteiger partial charge in [0, 0.05) is 31.9 Å². The Morgan fingerprint density at radius 3 is 2.55 bits per heavy atom. The minimum Gasteiger partial charge on any atom is -0.480 e. The van der Waals surface area contributed by atoms with E-state index in [2.05, 4.69) is 5.32 Å². The largest absolute Gasteiger partial charge is 0.480 e. The fraction of sp³-hybridized carbons (Fsp3) is 0.429. The van der Waals surface area contributed by atoms with Crippen LogP contribution in [0.5, 0.6) is 0 Å². The van der Waals surface area contributed by atoms with E-state index in [-0.39, 0.29) is 12.6 Å². The summed E-state index contributed by atoms with van der Waals surface area (Å²) >= 11 is 0. The molecule has 108 valence electrons.